The van der Waals surface area contributed by atoms with Crippen molar-refractivity contribution in [1.29, 1.82) is 0 Å². The molecule has 3 aliphatic rings. The van der Waals surface area contributed by atoms with Gasteiger partial charge in [0.1, 0.15) is 12.4 Å². The number of benzene rings is 2. The number of carbonyl (C=O) groups excluding carboxylic acids is 2. The molecule has 5 rings (SSSR count). The lowest BCUT2D eigenvalue weighted by Gasteiger charge is -2.17. The molecule has 0 spiro atoms. The average molecular weight is 414 g/mol. The number of hydrogen-bond acceptors (Lipinski definition) is 3. The maximum absolute atomic E-state index is 12.9. The van der Waals surface area contributed by atoms with Crippen molar-refractivity contribution in [2.45, 2.75) is 13.0 Å². The molecule has 2 aliphatic carbocycles. The fourth-order valence-corrected chi connectivity index (χ4v) is 5.11. The fourth-order valence-electron chi connectivity index (χ4n) is 4.65. The monoisotopic (exact) mass is 413 g/mol. The Morgan fingerprint density at radius 3 is 2.18 bits per heavy atom. The highest BCUT2D eigenvalue weighted by atomic mass is 35.5. The van der Waals surface area contributed by atoms with Crippen LogP contribution < -0.4 is 9.64 Å². The Morgan fingerprint density at radius 2 is 1.57 bits per heavy atom. The summed E-state index contributed by atoms with van der Waals surface area (Å²) in [4.78, 5) is 27.1. The van der Waals surface area contributed by atoms with E-state index in [1.165, 1.54) is 4.90 Å². The average Bonchev–Trinajstić information content (AvgIpc) is 3.36. The van der Waals surface area contributed by atoms with Crippen LogP contribution in [0.1, 0.15) is 12.0 Å². The molecule has 2 aromatic rings. The number of nitrogens with zero attached hydrogens (tertiary/aromatic N) is 1. The molecule has 0 aromatic heterocycles. The number of ether oxygens (including phenoxy) is 1. The molecule has 2 aromatic carbocycles. The Kier molecular flexibility index (Phi) is 4.22. The van der Waals surface area contributed by atoms with Crippen LogP contribution in [0, 0.1) is 23.7 Å². The molecule has 28 heavy (non-hydrogen) atoms. The van der Waals surface area contributed by atoms with Crippen molar-refractivity contribution < 1.29 is 14.3 Å². The van der Waals surface area contributed by atoms with E-state index in [0.717, 1.165) is 12.0 Å². The largest absolute Gasteiger partial charge is 0.489 e. The lowest BCUT2D eigenvalue weighted by Crippen LogP contribution is -2.32. The molecule has 0 unspecified atom stereocenters. The van der Waals surface area contributed by atoms with Crippen molar-refractivity contribution in [1.82, 2.24) is 0 Å². The summed E-state index contributed by atoms with van der Waals surface area (Å²) in [6.45, 7) is 0.302. The van der Waals surface area contributed by atoms with Crippen LogP contribution in [0.5, 0.6) is 5.75 Å². The van der Waals surface area contributed by atoms with Crippen LogP contribution in [0.2, 0.25) is 10.0 Å². The van der Waals surface area contributed by atoms with Crippen molar-refractivity contribution in [3.63, 3.8) is 0 Å². The Morgan fingerprint density at radius 1 is 0.929 bits per heavy atom. The zero-order chi connectivity index (χ0) is 19.4. The first kappa shape index (κ1) is 17.8. The quantitative estimate of drug-likeness (QED) is 0.529. The van der Waals surface area contributed by atoms with Crippen LogP contribution in [-0.2, 0) is 16.2 Å². The highest BCUT2D eigenvalue weighted by molar-refractivity contribution is 6.35. The standard InChI is InChI=1S/C22H17Cl2NO3/c23-15-4-3-14(18(24)10-15)11-28-17-7-5-16(6-8-17)25-21(26)19-12-1-2-13(9-12)20(19)22(25)27/h1-8,10,12-13,19-20H,9,11H2/t12-,13+,19-,20-/m0/s1. The van der Waals surface area contributed by atoms with Gasteiger partial charge in [-0.1, -0.05) is 41.4 Å². The van der Waals surface area contributed by atoms with E-state index >= 15 is 0 Å². The lowest BCUT2D eigenvalue weighted by molar-refractivity contribution is -0.123. The molecule has 1 saturated carbocycles. The van der Waals surface area contributed by atoms with Gasteiger partial charge in [-0.3, -0.25) is 14.5 Å². The van der Waals surface area contributed by atoms with Gasteiger partial charge in [-0.15, -0.1) is 0 Å². The number of allylic oxidation sites excluding steroid dienone is 2. The van der Waals surface area contributed by atoms with Crippen molar-refractivity contribution in [2.75, 3.05) is 4.90 Å². The minimum atomic E-state index is -0.189. The predicted octanol–water partition coefficient (Wildman–Crippen LogP) is 4.88. The number of hydrogen-bond donors (Lipinski definition) is 0. The Balaban J connectivity index is 1.30. The highest BCUT2D eigenvalue weighted by Crippen LogP contribution is 2.53. The number of fused-ring (bicyclic) bond motifs is 5. The SMILES string of the molecule is O=C1[C@@H]2[C@@H](C(=O)N1c1ccc(OCc3ccc(Cl)cc3Cl)cc1)[C@H]1C=C[C@@H]2C1. The third kappa shape index (κ3) is 2.75. The Bertz CT molecular complexity index is 971. The Hall–Kier alpha value is -2.30. The third-order valence-corrected chi connectivity index (χ3v) is 6.56. The van der Waals surface area contributed by atoms with E-state index in [0.29, 0.717) is 28.1 Å². The summed E-state index contributed by atoms with van der Waals surface area (Å²) in [6, 6.07) is 12.3. The first-order valence-corrected chi connectivity index (χ1v) is 10.0. The molecule has 142 valence electrons. The molecule has 1 saturated heterocycles. The summed E-state index contributed by atoms with van der Waals surface area (Å²) in [5, 5.41) is 1.12. The molecule has 6 heteroatoms. The fraction of sp³-hybridized carbons (Fsp3) is 0.273. The van der Waals surface area contributed by atoms with Crippen LogP contribution in [0.25, 0.3) is 0 Å². The summed E-state index contributed by atoms with van der Waals surface area (Å²) in [6.07, 6.45) is 5.12. The Labute approximate surface area is 172 Å². The van der Waals surface area contributed by atoms with Crippen molar-refractivity contribution in [3.8, 4) is 5.75 Å². The summed E-state index contributed by atoms with van der Waals surface area (Å²) < 4.78 is 5.78. The smallest absolute Gasteiger partial charge is 0.238 e. The van der Waals surface area contributed by atoms with E-state index in [2.05, 4.69) is 12.2 Å². The van der Waals surface area contributed by atoms with E-state index in [-0.39, 0.29) is 35.5 Å². The maximum Gasteiger partial charge on any atom is 0.238 e. The van der Waals surface area contributed by atoms with E-state index in [1.807, 2.05) is 6.07 Å². The molecule has 4 atom stereocenters. The van der Waals surface area contributed by atoms with Crippen LogP contribution in [0.4, 0.5) is 5.69 Å². The molecule has 2 bridgehead atoms. The van der Waals surface area contributed by atoms with E-state index < -0.39 is 0 Å². The van der Waals surface area contributed by atoms with Gasteiger partial charge in [0.05, 0.1) is 17.5 Å². The van der Waals surface area contributed by atoms with Gasteiger partial charge in [-0.25, -0.2) is 0 Å². The molecule has 0 radical (unpaired) electrons. The summed E-state index contributed by atoms with van der Waals surface area (Å²) in [7, 11) is 0. The van der Waals surface area contributed by atoms with Crippen LogP contribution in [0.3, 0.4) is 0 Å². The molecule has 2 amide bonds. The number of halogens is 2. The van der Waals surface area contributed by atoms with Crippen molar-refractivity contribution >= 4 is 40.7 Å². The van der Waals surface area contributed by atoms with Gasteiger partial charge in [-0.05, 0) is 54.7 Å². The zero-order valence-electron chi connectivity index (χ0n) is 14.8. The van der Waals surface area contributed by atoms with Gasteiger partial charge in [0.15, 0.2) is 0 Å². The summed E-state index contributed by atoms with van der Waals surface area (Å²) in [5.41, 5.74) is 1.43. The van der Waals surface area contributed by atoms with Gasteiger partial charge >= 0.3 is 0 Å². The van der Waals surface area contributed by atoms with Crippen molar-refractivity contribution in [2.24, 2.45) is 23.7 Å². The van der Waals surface area contributed by atoms with Gasteiger partial charge < -0.3 is 4.74 Å². The van der Waals surface area contributed by atoms with Gasteiger partial charge in [-0.2, -0.15) is 0 Å². The lowest BCUT2D eigenvalue weighted by atomic mass is 9.85. The van der Waals surface area contributed by atoms with E-state index in [1.54, 1.807) is 36.4 Å². The van der Waals surface area contributed by atoms with Crippen LogP contribution >= 0.6 is 23.2 Å². The minimum Gasteiger partial charge on any atom is -0.489 e. The molecule has 1 heterocycles. The van der Waals surface area contributed by atoms with Gasteiger partial charge in [0.25, 0.3) is 0 Å². The highest BCUT2D eigenvalue weighted by Gasteiger charge is 2.59. The van der Waals surface area contributed by atoms with E-state index in [9.17, 15) is 9.59 Å². The number of carbonyl (C=O) groups is 2. The minimum absolute atomic E-state index is 0.0755. The second kappa shape index (κ2) is 6.64. The normalized spacial score (nSPS) is 27.6. The van der Waals surface area contributed by atoms with E-state index in [4.69, 9.17) is 27.9 Å². The topological polar surface area (TPSA) is 46.6 Å². The van der Waals surface area contributed by atoms with Gasteiger partial charge in [0.2, 0.25) is 11.8 Å². The molecule has 1 aliphatic heterocycles. The second-order valence-electron chi connectivity index (χ2n) is 7.53. The second-order valence-corrected chi connectivity index (χ2v) is 8.37. The molecule has 0 N–H and O–H groups in total. The molecule has 2 fully saturated rings. The third-order valence-electron chi connectivity index (χ3n) is 5.97. The number of imide groups is 1. The first-order valence-electron chi connectivity index (χ1n) is 9.26. The predicted molar refractivity (Wildman–Crippen MR) is 107 cm³/mol. The summed E-state index contributed by atoms with van der Waals surface area (Å²) in [5.74, 6) is 0.528. The van der Waals surface area contributed by atoms with Crippen molar-refractivity contribution in [3.05, 3.63) is 70.2 Å². The number of rotatable bonds is 4. The maximum atomic E-state index is 12.9. The zero-order valence-corrected chi connectivity index (χ0v) is 16.4. The summed E-state index contributed by atoms with van der Waals surface area (Å²) >= 11 is 12.1. The van der Waals surface area contributed by atoms with Crippen LogP contribution in [-0.4, -0.2) is 11.8 Å². The number of amides is 2. The molecular formula is C22H17Cl2NO3. The first-order chi connectivity index (χ1) is 13.5. The van der Waals surface area contributed by atoms with Gasteiger partial charge in [0, 0.05) is 15.6 Å². The molecule has 4 nitrogen and oxygen atoms in total. The number of anilines is 1. The molecular weight excluding hydrogens is 397 g/mol. The van der Waals surface area contributed by atoms with Crippen LogP contribution in [0.15, 0.2) is 54.6 Å².